The second-order valence-electron chi connectivity index (χ2n) is 10.2. The zero-order valence-electron chi connectivity index (χ0n) is 24.0. The van der Waals surface area contributed by atoms with Crippen LogP contribution in [0, 0.1) is 0 Å². The molecule has 12 nitrogen and oxygen atoms in total. The summed E-state index contributed by atoms with van der Waals surface area (Å²) < 4.78 is 30.0. The third kappa shape index (κ3) is 5.91. The number of amides is 2. The number of nitrogens with one attached hydrogen (secondary N) is 1. The second kappa shape index (κ2) is 12.6. The highest BCUT2D eigenvalue weighted by atomic mass is 16.6. The summed E-state index contributed by atoms with van der Waals surface area (Å²) in [7, 11) is 3.06. The number of nitrogens with zero attached hydrogens (tertiary/aromatic N) is 4. The number of aromatic nitrogens is 3. The summed E-state index contributed by atoms with van der Waals surface area (Å²) in [5.74, 6) is 1.18. The van der Waals surface area contributed by atoms with Crippen LogP contribution in [0.2, 0.25) is 0 Å². The average molecular weight is 588 g/mol. The van der Waals surface area contributed by atoms with Crippen molar-refractivity contribution >= 4 is 28.5 Å². The van der Waals surface area contributed by atoms with Gasteiger partial charge >= 0.3 is 0 Å². The van der Waals surface area contributed by atoms with E-state index in [-0.39, 0.29) is 12.6 Å². The van der Waals surface area contributed by atoms with Gasteiger partial charge in [-0.2, -0.15) is 0 Å². The first-order valence-electron chi connectivity index (χ1n) is 14.2. The van der Waals surface area contributed by atoms with Crippen molar-refractivity contribution in [3.8, 4) is 23.0 Å². The van der Waals surface area contributed by atoms with Crippen LogP contribution in [0.15, 0.2) is 60.7 Å². The number of para-hydroxylation sites is 1. The van der Waals surface area contributed by atoms with Crippen molar-refractivity contribution in [3.63, 3.8) is 0 Å². The molecule has 4 aromatic rings. The molecular formula is C31H33N5O7. The molecule has 0 unspecified atom stereocenters. The molecule has 2 atom stereocenters. The van der Waals surface area contributed by atoms with Gasteiger partial charge in [-0.05, 0) is 49.2 Å². The molecule has 3 heterocycles. The standard InChI is InChI=1S/C31H33N5O7/c1-39-21-10-11-23(27(17-21)40-2)30(31(38)32-18-22-6-5-13-41-22)36(20-9-12-26-28(16-20)43-15-14-42-26)29(37)19-35-25-8-4-3-7-24(25)33-34-35/h3-4,7-12,16-17,22,30H,5-6,13-15,18-19H2,1-2H3,(H,32,38)/t22-,30-/m1/s1. The predicted molar refractivity (Wildman–Crippen MR) is 157 cm³/mol. The minimum atomic E-state index is -1.13. The Morgan fingerprint density at radius 1 is 1.02 bits per heavy atom. The van der Waals surface area contributed by atoms with E-state index in [9.17, 15) is 9.59 Å². The van der Waals surface area contributed by atoms with Gasteiger partial charge in [-0.3, -0.25) is 14.5 Å². The lowest BCUT2D eigenvalue weighted by molar-refractivity contribution is -0.127. The van der Waals surface area contributed by atoms with Crippen LogP contribution in [-0.2, 0) is 20.9 Å². The monoisotopic (exact) mass is 587 g/mol. The summed E-state index contributed by atoms with van der Waals surface area (Å²) >= 11 is 0. The van der Waals surface area contributed by atoms with Gasteiger partial charge in [-0.15, -0.1) is 5.10 Å². The Labute approximate surface area is 248 Å². The van der Waals surface area contributed by atoms with Crippen molar-refractivity contribution in [2.75, 3.05) is 45.5 Å². The molecule has 1 saturated heterocycles. The van der Waals surface area contributed by atoms with E-state index >= 15 is 0 Å². The molecule has 2 aliphatic rings. The first-order chi connectivity index (χ1) is 21.1. The number of rotatable bonds is 10. The molecule has 1 N–H and O–H groups in total. The summed E-state index contributed by atoms with van der Waals surface area (Å²) in [4.78, 5) is 30.1. The topological polar surface area (TPSA) is 126 Å². The van der Waals surface area contributed by atoms with Gasteiger partial charge in [0.05, 0.1) is 25.8 Å². The molecule has 6 rings (SSSR count). The SMILES string of the molecule is COc1ccc([C@H](C(=O)NC[C@H]2CCCO2)N(C(=O)Cn2nnc3ccccc32)c2ccc3c(c2)OCCO3)c(OC)c1. The highest BCUT2D eigenvalue weighted by Crippen LogP contribution is 2.40. The number of benzene rings is 3. The summed E-state index contributed by atoms with van der Waals surface area (Å²) in [6.45, 7) is 1.58. The van der Waals surface area contributed by atoms with Gasteiger partial charge in [0, 0.05) is 36.5 Å². The van der Waals surface area contributed by atoms with Crippen LogP contribution < -0.4 is 29.2 Å². The Balaban J connectivity index is 1.45. The maximum Gasteiger partial charge on any atom is 0.249 e. The van der Waals surface area contributed by atoms with Crippen LogP contribution in [0.3, 0.4) is 0 Å². The second-order valence-corrected chi connectivity index (χ2v) is 10.2. The summed E-state index contributed by atoms with van der Waals surface area (Å²) in [6, 6.07) is 16.6. The molecule has 0 spiro atoms. The van der Waals surface area contributed by atoms with Crippen LogP contribution in [-0.4, -0.2) is 73.5 Å². The number of hydrogen-bond donors (Lipinski definition) is 1. The minimum Gasteiger partial charge on any atom is -0.497 e. The van der Waals surface area contributed by atoms with E-state index in [4.69, 9.17) is 23.7 Å². The Hall–Kier alpha value is -4.84. The number of carbonyl (C=O) groups excluding carboxylic acids is 2. The van der Waals surface area contributed by atoms with Crippen molar-refractivity contribution in [1.82, 2.24) is 20.3 Å². The predicted octanol–water partition coefficient (Wildman–Crippen LogP) is 3.29. The van der Waals surface area contributed by atoms with E-state index in [0.29, 0.717) is 71.6 Å². The molecule has 43 heavy (non-hydrogen) atoms. The molecule has 2 aliphatic heterocycles. The lowest BCUT2D eigenvalue weighted by atomic mass is 10.0. The van der Waals surface area contributed by atoms with Crippen molar-refractivity contribution < 1.29 is 33.3 Å². The average Bonchev–Trinajstić information content (AvgIpc) is 3.72. The van der Waals surface area contributed by atoms with E-state index < -0.39 is 17.9 Å². The summed E-state index contributed by atoms with van der Waals surface area (Å²) in [5.41, 5.74) is 2.26. The van der Waals surface area contributed by atoms with Gasteiger partial charge in [0.25, 0.3) is 0 Å². The van der Waals surface area contributed by atoms with Gasteiger partial charge in [0.15, 0.2) is 11.5 Å². The Bertz CT molecular complexity index is 1620. The van der Waals surface area contributed by atoms with Gasteiger partial charge in [-0.1, -0.05) is 17.3 Å². The molecule has 2 amide bonds. The molecule has 0 bridgehead atoms. The van der Waals surface area contributed by atoms with E-state index in [2.05, 4.69) is 15.6 Å². The number of hydrogen-bond acceptors (Lipinski definition) is 9. The van der Waals surface area contributed by atoms with Crippen LogP contribution in [0.5, 0.6) is 23.0 Å². The molecule has 0 saturated carbocycles. The van der Waals surface area contributed by atoms with Gasteiger partial charge in [0.1, 0.15) is 42.8 Å². The molecule has 0 aliphatic carbocycles. The molecular weight excluding hydrogens is 554 g/mol. The lowest BCUT2D eigenvalue weighted by Gasteiger charge is -2.33. The number of carbonyl (C=O) groups is 2. The third-order valence-electron chi connectivity index (χ3n) is 7.55. The van der Waals surface area contributed by atoms with Crippen molar-refractivity contribution in [3.05, 3.63) is 66.2 Å². The van der Waals surface area contributed by atoms with Crippen molar-refractivity contribution in [2.24, 2.45) is 0 Å². The number of methoxy groups -OCH3 is 2. The third-order valence-corrected chi connectivity index (χ3v) is 7.55. The van der Waals surface area contributed by atoms with Gasteiger partial charge in [0.2, 0.25) is 11.8 Å². The fourth-order valence-electron chi connectivity index (χ4n) is 5.42. The molecule has 1 fully saturated rings. The van der Waals surface area contributed by atoms with E-state index in [1.807, 2.05) is 24.3 Å². The molecule has 3 aromatic carbocycles. The summed E-state index contributed by atoms with van der Waals surface area (Å²) in [6.07, 6.45) is 1.69. The van der Waals surface area contributed by atoms with Crippen LogP contribution >= 0.6 is 0 Å². The fraction of sp³-hybridized carbons (Fsp3) is 0.355. The highest BCUT2D eigenvalue weighted by molar-refractivity contribution is 6.02. The zero-order valence-corrected chi connectivity index (χ0v) is 24.0. The van der Waals surface area contributed by atoms with Crippen molar-refractivity contribution in [2.45, 2.75) is 31.5 Å². The Kier molecular flexibility index (Phi) is 8.27. The number of anilines is 1. The molecule has 0 radical (unpaired) electrons. The van der Waals surface area contributed by atoms with Crippen LogP contribution in [0.4, 0.5) is 5.69 Å². The maximum absolute atomic E-state index is 14.4. The largest absolute Gasteiger partial charge is 0.497 e. The first-order valence-corrected chi connectivity index (χ1v) is 14.2. The Morgan fingerprint density at radius 3 is 2.65 bits per heavy atom. The zero-order chi connectivity index (χ0) is 29.8. The molecule has 224 valence electrons. The quantitative estimate of drug-likeness (QED) is 0.297. The first kappa shape index (κ1) is 28.3. The van der Waals surface area contributed by atoms with Crippen LogP contribution in [0.25, 0.3) is 11.0 Å². The minimum absolute atomic E-state index is 0.0951. The summed E-state index contributed by atoms with van der Waals surface area (Å²) in [5, 5.41) is 11.4. The fourth-order valence-corrected chi connectivity index (χ4v) is 5.42. The number of ether oxygens (including phenoxy) is 5. The van der Waals surface area contributed by atoms with E-state index in [1.165, 1.54) is 16.7 Å². The lowest BCUT2D eigenvalue weighted by Crippen LogP contribution is -2.46. The molecule has 1 aromatic heterocycles. The normalized spacial score (nSPS) is 16.5. The van der Waals surface area contributed by atoms with Crippen molar-refractivity contribution in [1.29, 1.82) is 0 Å². The van der Waals surface area contributed by atoms with E-state index in [0.717, 1.165) is 12.8 Å². The number of fused-ring (bicyclic) bond motifs is 2. The maximum atomic E-state index is 14.4. The smallest absolute Gasteiger partial charge is 0.249 e. The highest BCUT2D eigenvalue weighted by Gasteiger charge is 2.36. The Morgan fingerprint density at radius 2 is 1.86 bits per heavy atom. The van der Waals surface area contributed by atoms with Gasteiger partial charge in [-0.25, -0.2) is 4.68 Å². The van der Waals surface area contributed by atoms with Crippen LogP contribution in [0.1, 0.15) is 24.4 Å². The molecule has 12 heteroatoms. The van der Waals surface area contributed by atoms with E-state index in [1.54, 1.807) is 43.5 Å². The van der Waals surface area contributed by atoms with Gasteiger partial charge < -0.3 is 29.0 Å².